The summed E-state index contributed by atoms with van der Waals surface area (Å²) < 4.78 is 15.7. The lowest BCUT2D eigenvalue weighted by molar-refractivity contribution is 0.668. The van der Waals surface area contributed by atoms with E-state index in [9.17, 15) is 0 Å². The topological polar surface area (TPSA) is 32.8 Å². The van der Waals surface area contributed by atoms with E-state index >= 15 is 0 Å². The first kappa shape index (κ1) is 40.9. The third kappa shape index (κ3) is 6.97. The number of nitrogens with zero attached hydrogens (tertiary/aromatic N) is 2. The lowest BCUT2D eigenvalue weighted by atomic mass is 9.97. The van der Waals surface area contributed by atoms with Crippen molar-refractivity contribution >= 4 is 110 Å². The van der Waals surface area contributed by atoms with Crippen LogP contribution in [0, 0.1) is 0 Å². The van der Waals surface area contributed by atoms with E-state index in [0.29, 0.717) is 0 Å². The maximum Gasteiger partial charge on any atom is 0.137 e. The molecule has 3 heterocycles. The van der Waals surface area contributed by atoms with Crippen molar-refractivity contribution in [3.8, 4) is 33.4 Å². The van der Waals surface area contributed by atoms with Crippen LogP contribution in [0.4, 0.5) is 34.1 Å². The van der Waals surface area contributed by atoms with E-state index in [1.54, 1.807) is 0 Å². The van der Waals surface area contributed by atoms with Gasteiger partial charge in [0.1, 0.15) is 22.3 Å². The highest BCUT2D eigenvalue weighted by Crippen LogP contribution is 2.51. The maximum atomic E-state index is 6.59. The highest BCUT2D eigenvalue weighted by atomic mass is 32.1. The molecular weight excluding hydrogens is 885 g/mol. The van der Waals surface area contributed by atoms with Gasteiger partial charge < -0.3 is 18.6 Å². The summed E-state index contributed by atoms with van der Waals surface area (Å²) in [6.45, 7) is 0. The SMILES string of the molecule is c1ccc(-c2ccc(-c3cccc(N(c4ccc5c(c4)oc4ccccc45)c4ccccc4-c4ccccc4N(c4ccc5c(c4)oc4ccccc45)c4cccc5c4sc4ccccc45)c3)cc2)cc1. The molecule has 0 saturated heterocycles. The molecule has 71 heavy (non-hydrogen) atoms. The van der Waals surface area contributed by atoms with Crippen molar-refractivity contribution in [3.63, 3.8) is 0 Å². The van der Waals surface area contributed by atoms with Gasteiger partial charge in [-0.15, -0.1) is 11.3 Å². The third-order valence-corrected chi connectivity index (χ3v) is 15.1. The number of thiophene rings is 1. The van der Waals surface area contributed by atoms with Gasteiger partial charge in [-0.1, -0.05) is 170 Å². The highest BCUT2D eigenvalue weighted by Gasteiger charge is 2.25. The molecule has 0 aliphatic rings. The Kier molecular flexibility index (Phi) is 9.68. The Balaban J connectivity index is 0.976. The van der Waals surface area contributed by atoms with E-state index in [0.717, 1.165) is 100 Å². The molecule has 334 valence electrons. The Hall–Kier alpha value is -9.16. The maximum absolute atomic E-state index is 6.59. The molecule has 0 amide bonds. The van der Waals surface area contributed by atoms with Crippen LogP contribution in [0.1, 0.15) is 0 Å². The predicted molar refractivity (Wildman–Crippen MR) is 300 cm³/mol. The summed E-state index contributed by atoms with van der Waals surface area (Å²) in [7, 11) is 0. The predicted octanol–water partition coefficient (Wildman–Crippen LogP) is 19.8. The van der Waals surface area contributed by atoms with Crippen molar-refractivity contribution < 1.29 is 8.83 Å². The van der Waals surface area contributed by atoms with Crippen molar-refractivity contribution in [2.75, 3.05) is 9.80 Å². The van der Waals surface area contributed by atoms with Crippen LogP contribution < -0.4 is 9.80 Å². The van der Waals surface area contributed by atoms with Crippen LogP contribution in [-0.4, -0.2) is 0 Å². The van der Waals surface area contributed by atoms with Gasteiger partial charge in [-0.25, -0.2) is 0 Å². The standard InChI is InChI=1S/C66H42N2O2S/c1-2-16-43(17-3-1)44-32-34-45(35-33-44)46-18-14-19-47(40-46)67(48-36-38-54-52-22-6-11-29-61(52)69-63(54)41-48)58-26-9-4-20-50(58)51-21-5-10-27-59(51)68(49-37-39-55-53-23-7-12-30-62(53)70-64(55)42-49)60-28-15-25-57-56-24-8-13-31-65(56)71-66(57)60/h1-42H. The van der Waals surface area contributed by atoms with E-state index in [4.69, 9.17) is 8.83 Å². The van der Waals surface area contributed by atoms with Crippen LogP contribution in [0.5, 0.6) is 0 Å². The molecule has 4 nitrogen and oxygen atoms in total. The fourth-order valence-corrected chi connectivity index (χ4v) is 11.8. The molecule has 0 saturated carbocycles. The van der Waals surface area contributed by atoms with Crippen LogP contribution in [0.2, 0.25) is 0 Å². The number of hydrogen-bond donors (Lipinski definition) is 0. The van der Waals surface area contributed by atoms with E-state index in [-0.39, 0.29) is 0 Å². The minimum absolute atomic E-state index is 0.836. The van der Waals surface area contributed by atoms with Crippen molar-refractivity contribution in [1.82, 2.24) is 0 Å². The smallest absolute Gasteiger partial charge is 0.137 e. The summed E-state index contributed by atoms with van der Waals surface area (Å²) in [6, 6.07) is 91.2. The third-order valence-electron chi connectivity index (χ3n) is 13.9. The Labute approximate surface area is 414 Å². The second-order valence-corrected chi connectivity index (χ2v) is 19.1. The molecule has 0 atom stereocenters. The summed E-state index contributed by atoms with van der Waals surface area (Å²) in [4.78, 5) is 4.82. The second kappa shape index (κ2) is 16.8. The number of benzene rings is 11. The van der Waals surface area contributed by atoms with Crippen molar-refractivity contribution in [2.24, 2.45) is 0 Å². The Morgan fingerprint density at radius 3 is 1.39 bits per heavy atom. The Morgan fingerprint density at radius 2 is 0.718 bits per heavy atom. The molecule has 0 bridgehead atoms. The molecule has 11 aromatic carbocycles. The van der Waals surface area contributed by atoms with E-state index < -0.39 is 0 Å². The largest absolute Gasteiger partial charge is 0.456 e. The fraction of sp³-hybridized carbons (Fsp3) is 0. The average molecular weight is 927 g/mol. The molecule has 14 aromatic rings. The van der Waals surface area contributed by atoms with E-state index in [2.05, 4.69) is 240 Å². The van der Waals surface area contributed by atoms with Gasteiger partial charge in [0, 0.05) is 77.3 Å². The monoisotopic (exact) mass is 926 g/mol. The summed E-state index contributed by atoms with van der Waals surface area (Å²) >= 11 is 1.84. The van der Waals surface area contributed by atoms with Gasteiger partial charge in [-0.2, -0.15) is 0 Å². The van der Waals surface area contributed by atoms with Gasteiger partial charge in [0.2, 0.25) is 0 Å². The molecule has 3 aromatic heterocycles. The quantitative estimate of drug-likeness (QED) is 0.144. The minimum atomic E-state index is 0.836. The number of rotatable bonds is 9. The number of anilines is 6. The Bertz CT molecular complexity index is 4320. The number of furan rings is 2. The zero-order valence-electron chi connectivity index (χ0n) is 38.4. The summed E-state index contributed by atoms with van der Waals surface area (Å²) in [5.74, 6) is 0. The van der Waals surface area contributed by atoms with Crippen LogP contribution in [0.15, 0.2) is 264 Å². The molecule has 5 heteroatoms. The van der Waals surface area contributed by atoms with Crippen LogP contribution >= 0.6 is 11.3 Å². The van der Waals surface area contributed by atoms with Crippen LogP contribution in [0.25, 0.3) is 97.4 Å². The fourth-order valence-electron chi connectivity index (χ4n) is 10.6. The molecule has 0 radical (unpaired) electrons. The molecule has 0 unspecified atom stereocenters. The van der Waals surface area contributed by atoms with E-state index in [1.165, 1.54) is 31.3 Å². The normalized spacial score (nSPS) is 11.7. The molecular formula is C66H42N2O2S. The highest BCUT2D eigenvalue weighted by molar-refractivity contribution is 7.26. The minimum Gasteiger partial charge on any atom is -0.456 e. The van der Waals surface area contributed by atoms with E-state index in [1.807, 2.05) is 35.6 Å². The summed E-state index contributed by atoms with van der Waals surface area (Å²) in [6.07, 6.45) is 0. The first-order valence-corrected chi connectivity index (χ1v) is 24.8. The number of hydrogen-bond acceptors (Lipinski definition) is 5. The van der Waals surface area contributed by atoms with Crippen molar-refractivity contribution in [2.45, 2.75) is 0 Å². The molecule has 0 fully saturated rings. The van der Waals surface area contributed by atoms with Crippen molar-refractivity contribution in [1.29, 1.82) is 0 Å². The van der Waals surface area contributed by atoms with Crippen LogP contribution in [0.3, 0.4) is 0 Å². The zero-order chi connectivity index (χ0) is 46.8. The molecule has 14 rings (SSSR count). The lowest BCUT2D eigenvalue weighted by Crippen LogP contribution is -2.13. The molecule has 0 aliphatic heterocycles. The van der Waals surface area contributed by atoms with Crippen LogP contribution in [-0.2, 0) is 0 Å². The van der Waals surface area contributed by atoms with Gasteiger partial charge in [0.25, 0.3) is 0 Å². The molecule has 0 N–H and O–H groups in total. The second-order valence-electron chi connectivity index (χ2n) is 18.0. The molecule has 0 aliphatic carbocycles. The van der Waals surface area contributed by atoms with Gasteiger partial charge in [0.15, 0.2) is 0 Å². The zero-order valence-corrected chi connectivity index (χ0v) is 39.2. The average Bonchev–Trinajstić information content (AvgIpc) is 4.13. The number of para-hydroxylation sites is 4. The van der Waals surface area contributed by atoms with Gasteiger partial charge in [0.05, 0.1) is 21.8 Å². The summed E-state index contributed by atoms with van der Waals surface area (Å²) in [5.41, 5.74) is 16.4. The molecule has 0 spiro atoms. The first-order valence-electron chi connectivity index (χ1n) is 24.0. The van der Waals surface area contributed by atoms with Gasteiger partial charge in [-0.3, -0.25) is 0 Å². The van der Waals surface area contributed by atoms with Gasteiger partial charge in [-0.05, 0) is 95.1 Å². The summed E-state index contributed by atoms with van der Waals surface area (Å²) in [5, 5.41) is 6.88. The van der Waals surface area contributed by atoms with Gasteiger partial charge >= 0.3 is 0 Å². The van der Waals surface area contributed by atoms with Crippen molar-refractivity contribution in [3.05, 3.63) is 255 Å². The lowest BCUT2D eigenvalue weighted by Gasteiger charge is -2.31. The first-order chi connectivity index (χ1) is 35.2. The number of fused-ring (bicyclic) bond motifs is 9. The Morgan fingerprint density at radius 1 is 0.268 bits per heavy atom.